The standard InChI is InChI=1S/C16H32N2O2/c1-13(12-15(2,3)4)6-9-17-14(19)18-10-7-16(5,20)8-11-18/h13,20H,6-12H2,1-5H3,(H,17,19)/t13-/m0/s1. The summed E-state index contributed by atoms with van der Waals surface area (Å²) in [5, 5.41) is 12.9. The van der Waals surface area contributed by atoms with Crippen LogP contribution in [0.4, 0.5) is 4.79 Å². The maximum atomic E-state index is 12.0. The summed E-state index contributed by atoms with van der Waals surface area (Å²) >= 11 is 0. The Bertz CT molecular complexity index is 311. The molecule has 2 N–H and O–H groups in total. The highest BCUT2D eigenvalue weighted by Gasteiger charge is 2.29. The highest BCUT2D eigenvalue weighted by atomic mass is 16.3. The number of hydrogen-bond acceptors (Lipinski definition) is 2. The van der Waals surface area contributed by atoms with Crippen LogP contribution in [0.1, 0.15) is 60.3 Å². The fraction of sp³-hybridized carbons (Fsp3) is 0.938. The molecule has 0 radical (unpaired) electrons. The summed E-state index contributed by atoms with van der Waals surface area (Å²) in [6, 6.07) is 0.0171. The molecule has 1 saturated heterocycles. The Morgan fingerprint density at radius 2 is 1.90 bits per heavy atom. The molecule has 4 heteroatoms. The molecule has 20 heavy (non-hydrogen) atoms. The lowest BCUT2D eigenvalue weighted by atomic mass is 9.84. The Balaban J connectivity index is 2.21. The molecule has 1 rings (SSSR count). The van der Waals surface area contributed by atoms with Crippen molar-refractivity contribution < 1.29 is 9.90 Å². The van der Waals surface area contributed by atoms with Gasteiger partial charge in [0, 0.05) is 19.6 Å². The second kappa shape index (κ2) is 6.79. The minimum atomic E-state index is -0.599. The van der Waals surface area contributed by atoms with Crippen LogP contribution in [-0.4, -0.2) is 41.3 Å². The van der Waals surface area contributed by atoms with Crippen LogP contribution >= 0.6 is 0 Å². The molecule has 0 unspecified atom stereocenters. The van der Waals surface area contributed by atoms with Crippen molar-refractivity contribution >= 4 is 6.03 Å². The number of aliphatic hydroxyl groups is 1. The Morgan fingerprint density at radius 3 is 2.40 bits per heavy atom. The molecule has 0 aliphatic carbocycles. The molecule has 0 aromatic rings. The van der Waals surface area contributed by atoms with Gasteiger partial charge in [0.15, 0.2) is 0 Å². The molecule has 4 nitrogen and oxygen atoms in total. The van der Waals surface area contributed by atoms with Gasteiger partial charge in [0.1, 0.15) is 0 Å². The number of hydrogen-bond donors (Lipinski definition) is 2. The van der Waals surface area contributed by atoms with Crippen LogP contribution in [0.5, 0.6) is 0 Å². The van der Waals surface area contributed by atoms with Crippen LogP contribution in [-0.2, 0) is 0 Å². The van der Waals surface area contributed by atoms with Crippen LogP contribution in [0.3, 0.4) is 0 Å². The SMILES string of the molecule is C[C@@H](CCNC(=O)N1CCC(C)(O)CC1)CC(C)(C)C. The fourth-order valence-corrected chi connectivity index (χ4v) is 2.88. The summed E-state index contributed by atoms with van der Waals surface area (Å²) in [7, 11) is 0. The first kappa shape index (κ1) is 17.3. The second-order valence-electron chi connectivity index (χ2n) is 7.87. The molecule has 1 aliphatic heterocycles. The van der Waals surface area contributed by atoms with E-state index in [1.807, 2.05) is 11.8 Å². The number of nitrogens with zero attached hydrogens (tertiary/aromatic N) is 1. The summed E-state index contributed by atoms with van der Waals surface area (Å²) in [6.07, 6.45) is 3.53. The van der Waals surface area contributed by atoms with Crippen molar-refractivity contribution in [3.05, 3.63) is 0 Å². The average molecular weight is 284 g/mol. The predicted molar refractivity (Wildman–Crippen MR) is 82.7 cm³/mol. The maximum absolute atomic E-state index is 12.0. The van der Waals surface area contributed by atoms with Gasteiger partial charge < -0.3 is 15.3 Å². The van der Waals surface area contributed by atoms with E-state index in [1.54, 1.807) is 0 Å². The van der Waals surface area contributed by atoms with Gasteiger partial charge in [0.25, 0.3) is 0 Å². The number of likely N-dealkylation sites (tertiary alicyclic amines) is 1. The minimum Gasteiger partial charge on any atom is -0.390 e. The topological polar surface area (TPSA) is 52.6 Å². The monoisotopic (exact) mass is 284 g/mol. The van der Waals surface area contributed by atoms with Crippen molar-refractivity contribution in [2.45, 2.75) is 65.9 Å². The van der Waals surface area contributed by atoms with Crippen LogP contribution in [0, 0.1) is 11.3 Å². The molecule has 2 amide bonds. The molecule has 118 valence electrons. The summed E-state index contributed by atoms with van der Waals surface area (Å²) in [6.45, 7) is 12.9. The molecule has 1 fully saturated rings. The number of carbonyl (C=O) groups excluding carboxylic acids is 1. The van der Waals surface area contributed by atoms with Gasteiger partial charge in [-0.15, -0.1) is 0 Å². The smallest absolute Gasteiger partial charge is 0.317 e. The summed E-state index contributed by atoms with van der Waals surface area (Å²) in [5.74, 6) is 0.623. The summed E-state index contributed by atoms with van der Waals surface area (Å²) in [5.41, 5.74) is -0.250. The Kier molecular flexibility index (Phi) is 5.87. The van der Waals surface area contributed by atoms with Gasteiger partial charge in [-0.25, -0.2) is 4.79 Å². The lowest BCUT2D eigenvalue weighted by Gasteiger charge is -2.35. The highest BCUT2D eigenvalue weighted by molar-refractivity contribution is 5.74. The number of urea groups is 1. The number of carbonyl (C=O) groups is 1. The second-order valence-corrected chi connectivity index (χ2v) is 7.87. The van der Waals surface area contributed by atoms with Crippen molar-refractivity contribution in [3.8, 4) is 0 Å². The van der Waals surface area contributed by atoms with Gasteiger partial charge in [-0.1, -0.05) is 27.7 Å². The molecule has 0 spiro atoms. The molecule has 1 heterocycles. The Labute approximate surface area is 123 Å². The zero-order valence-corrected chi connectivity index (χ0v) is 13.8. The molecular formula is C16H32N2O2. The highest BCUT2D eigenvalue weighted by Crippen LogP contribution is 2.25. The lowest BCUT2D eigenvalue weighted by molar-refractivity contribution is 0.00439. The van der Waals surface area contributed by atoms with E-state index < -0.39 is 5.60 Å². The van der Waals surface area contributed by atoms with E-state index >= 15 is 0 Å². The van der Waals surface area contributed by atoms with Gasteiger partial charge in [-0.3, -0.25) is 0 Å². The van der Waals surface area contributed by atoms with Crippen molar-refractivity contribution in [2.24, 2.45) is 11.3 Å². The lowest BCUT2D eigenvalue weighted by Crippen LogP contribution is -2.49. The molecule has 1 atom stereocenters. The van der Waals surface area contributed by atoms with E-state index in [2.05, 4.69) is 33.0 Å². The molecule has 0 aromatic heterocycles. The minimum absolute atomic E-state index is 0.0171. The number of rotatable bonds is 4. The first-order valence-electron chi connectivity index (χ1n) is 7.84. The molecule has 0 aromatic carbocycles. The quantitative estimate of drug-likeness (QED) is 0.834. The fourth-order valence-electron chi connectivity index (χ4n) is 2.88. The van der Waals surface area contributed by atoms with Crippen molar-refractivity contribution in [1.29, 1.82) is 0 Å². The van der Waals surface area contributed by atoms with E-state index in [4.69, 9.17) is 0 Å². The van der Waals surface area contributed by atoms with E-state index in [1.165, 1.54) is 6.42 Å². The maximum Gasteiger partial charge on any atom is 0.317 e. The predicted octanol–water partition coefficient (Wildman–Crippen LogP) is 3.01. The zero-order chi connectivity index (χ0) is 15.4. The normalized spacial score (nSPS) is 20.6. The third kappa shape index (κ3) is 6.60. The van der Waals surface area contributed by atoms with Crippen molar-refractivity contribution in [1.82, 2.24) is 10.2 Å². The molecular weight excluding hydrogens is 252 g/mol. The van der Waals surface area contributed by atoms with Gasteiger partial charge in [-0.05, 0) is 43.9 Å². The Hall–Kier alpha value is -0.770. The van der Waals surface area contributed by atoms with Gasteiger partial charge in [0.05, 0.1) is 5.60 Å². The van der Waals surface area contributed by atoms with Gasteiger partial charge in [0.2, 0.25) is 0 Å². The number of amides is 2. The first-order valence-corrected chi connectivity index (χ1v) is 7.84. The molecule has 0 bridgehead atoms. The Morgan fingerprint density at radius 1 is 1.35 bits per heavy atom. The van der Waals surface area contributed by atoms with E-state index in [0.717, 1.165) is 13.0 Å². The van der Waals surface area contributed by atoms with E-state index in [-0.39, 0.29) is 6.03 Å². The largest absolute Gasteiger partial charge is 0.390 e. The van der Waals surface area contributed by atoms with E-state index in [9.17, 15) is 9.90 Å². The van der Waals surface area contributed by atoms with E-state index in [0.29, 0.717) is 37.3 Å². The number of nitrogens with one attached hydrogen (secondary N) is 1. The van der Waals surface area contributed by atoms with Crippen LogP contribution in [0.25, 0.3) is 0 Å². The third-order valence-electron chi connectivity index (χ3n) is 4.00. The van der Waals surface area contributed by atoms with Crippen molar-refractivity contribution in [2.75, 3.05) is 19.6 Å². The molecule has 0 saturated carbocycles. The van der Waals surface area contributed by atoms with Crippen LogP contribution in [0.2, 0.25) is 0 Å². The summed E-state index contributed by atoms with van der Waals surface area (Å²) < 4.78 is 0. The van der Waals surface area contributed by atoms with Crippen LogP contribution < -0.4 is 5.32 Å². The summed E-state index contributed by atoms with van der Waals surface area (Å²) in [4.78, 5) is 13.8. The van der Waals surface area contributed by atoms with Gasteiger partial charge in [-0.2, -0.15) is 0 Å². The third-order valence-corrected chi connectivity index (χ3v) is 4.00. The zero-order valence-electron chi connectivity index (χ0n) is 13.8. The van der Waals surface area contributed by atoms with Crippen LogP contribution in [0.15, 0.2) is 0 Å². The first-order chi connectivity index (χ1) is 9.09. The van der Waals surface area contributed by atoms with Crippen molar-refractivity contribution in [3.63, 3.8) is 0 Å². The average Bonchev–Trinajstić information content (AvgIpc) is 2.26. The van der Waals surface area contributed by atoms with Gasteiger partial charge >= 0.3 is 6.03 Å². The number of piperidine rings is 1. The molecule has 1 aliphatic rings.